The van der Waals surface area contributed by atoms with Gasteiger partial charge in [-0.1, -0.05) is 26.0 Å². The van der Waals surface area contributed by atoms with Gasteiger partial charge in [0, 0.05) is 18.7 Å². The molecule has 1 unspecified atom stereocenters. The van der Waals surface area contributed by atoms with Crippen molar-refractivity contribution in [3.63, 3.8) is 0 Å². The number of benzene rings is 1. The maximum absolute atomic E-state index is 12.2. The number of carbonyl (C=O) groups is 1. The number of amides is 1. The van der Waals surface area contributed by atoms with E-state index in [0.717, 1.165) is 6.42 Å². The van der Waals surface area contributed by atoms with Gasteiger partial charge in [0.2, 0.25) is 0 Å². The predicted molar refractivity (Wildman–Crippen MR) is 82.2 cm³/mol. The Kier molecular flexibility index (Phi) is 4.75. The van der Waals surface area contributed by atoms with Crippen LogP contribution >= 0.6 is 0 Å². The van der Waals surface area contributed by atoms with E-state index in [2.05, 4.69) is 19.2 Å². The summed E-state index contributed by atoms with van der Waals surface area (Å²) in [6, 6.07) is 7.95. The molecular formula is C16H20N2O3. The van der Waals surface area contributed by atoms with Gasteiger partial charge >= 0.3 is 0 Å². The molecule has 0 saturated carbocycles. The second kappa shape index (κ2) is 6.54. The molecule has 0 spiro atoms. The van der Waals surface area contributed by atoms with E-state index in [9.17, 15) is 9.59 Å². The molecule has 1 amide bonds. The third-order valence-corrected chi connectivity index (χ3v) is 3.23. The number of fused-ring (bicyclic) bond motifs is 1. The number of para-hydroxylation sites is 1. The van der Waals surface area contributed by atoms with Crippen molar-refractivity contribution in [1.29, 1.82) is 0 Å². The van der Waals surface area contributed by atoms with E-state index in [-0.39, 0.29) is 17.2 Å². The van der Waals surface area contributed by atoms with Crippen LogP contribution in [0.2, 0.25) is 0 Å². The quantitative estimate of drug-likeness (QED) is 0.880. The van der Waals surface area contributed by atoms with E-state index < -0.39 is 5.91 Å². The number of rotatable bonds is 5. The van der Waals surface area contributed by atoms with Crippen LogP contribution < -0.4 is 16.5 Å². The molecule has 2 aromatic rings. The predicted octanol–water partition coefficient (Wildman–Crippen LogP) is 1.90. The van der Waals surface area contributed by atoms with Gasteiger partial charge in [0.15, 0.2) is 11.2 Å². The van der Waals surface area contributed by atoms with Crippen molar-refractivity contribution < 1.29 is 9.21 Å². The molecule has 0 bridgehead atoms. The van der Waals surface area contributed by atoms with Crippen LogP contribution in [0.15, 0.2) is 39.5 Å². The fourth-order valence-corrected chi connectivity index (χ4v) is 2.26. The van der Waals surface area contributed by atoms with E-state index in [1.54, 1.807) is 24.3 Å². The Hall–Kier alpha value is -2.14. The molecule has 5 nitrogen and oxygen atoms in total. The van der Waals surface area contributed by atoms with E-state index >= 15 is 0 Å². The van der Waals surface area contributed by atoms with Crippen molar-refractivity contribution >= 4 is 16.9 Å². The minimum atomic E-state index is -0.408. The number of carbonyl (C=O) groups excluding carboxylic acids is 1. The van der Waals surface area contributed by atoms with Crippen LogP contribution in [0.5, 0.6) is 0 Å². The van der Waals surface area contributed by atoms with E-state index in [1.807, 2.05) is 0 Å². The Bertz CT molecular complexity index is 691. The van der Waals surface area contributed by atoms with E-state index in [0.29, 0.717) is 23.4 Å². The Morgan fingerprint density at radius 2 is 2.05 bits per heavy atom. The highest BCUT2D eigenvalue weighted by Crippen LogP contribution is 2.12. The second-order valence-electron chi connectivity index (χ2n) is 5.51. The highest BCUT2D eigenvalue weighted by molar-refractivity contribution is 5.93. The van der Waals surface area contributed by atoms with Gasteiger partial charge in [0.1, 0.15) is 5.58 Å². The molecule has 21 heavy (non-hydrogen) atoms. The lowest BCUT2D eigenvalue weighted by atomic mass is 10.0. The van der Waals surface area contributed by atoms with Gasteiger partial charge in [0.25, 0.3) is 5.91 Å². The van der Waals surface area contributed by atoms with Crippen LogP contribution in [0.1, 0.15) is 30.8 Å². The van der Waals surface area contributed by atoms with Crippen LogP contribution in [0.3, 0.4) is 0 Å². The van der Waals surface area contributed by atoms with E-state index in [4.69, 9.17) is 10.2 Å². The van der Waals surface area contributed by atoms with Crippen molar-refractivity contribution in [2.45, 2.75) is 26.3 Å². The Balaban J connectivity index is 2.25. The summed E-state index contributed by atoms with van der Waals surface area (Å²) < 4.78 is 5.50. The van der Waals surface area contributed by atoms with Gasteiger partial charge in [-0.15, -0.1) is 0 Å². The average Bonchev–Trinajstić information content (AvgIpc) is 2.46. The maximum atomic E-state index is 12.2. The molecule has 112 valence electrons. The second-order valence-corrected chi connectivity index (χ2v) is 5.51. The molecule has 1 atom stereocenters. The van der Waals surface area contributed by atoms with Crippen molar-refractivity contribution in [3.8, 4) is 0 Å². The smallest absolute Gasteiger partial charge is 0.287 e. The van der Waals surface area contributed by atoms with Gasteiger partial charge in [0.05, 0.1) is 5.39 Å². The summed E-state index contributed by atoms with van der Waals surface area (Å²) in [6.07, 6.45) is 0.778. The lowest BCUT2D eigenvalue weighted by Gasteiger charge is -2.18. The zero-order valence-corrected chi connectivity index (χ0v) is 12.3. The summed E-state index contributed by atoms with van der Waals surface area (Å²) in [6.45, 7) is 4.47. The summed E-state index contributed by atoms with van der Waals surface area (Å²) >= 11 is 0. The molecule has 1 aromatic carbocycles. The monoisotopic (exact) mass is 288 g/mol. The molecule has 0 radical (unpaired) electrons. The first kappa shape index (κ1) is 15.3. The van der Waals surface area contributed by atoms with Crippen LogP contribution in [-0.2, 0) is 0 Å². The van der Waals surface area contributed by atoms with Crippen molar-refractivity contribution in [2.75, 3.05) is 6.54 Å². The van der Waals surface area contributed by atoms with Gasteiger partial charge in [-0.2, -0.15) is 0 Å². The SMILES string of the molecule is CC(C)CC(CN)NC(=O)c1cc(=O)c2ccccc2o1. The zero-order chi connectivity index (χ0) is 15.4. The number of hydrogen-bond acceptors (Lipinski definition) is 4. The molecule has 0 aliphatic rings. The molecule has 5 heteroatoms. The van der Waals surface area contributed by atoms with Crippen molar-refractivity contribution in [3.05, 3.63) is 46.3 Å². The van der Waals surface area contributed by atoms with Crippen molar-refractivity contribution in [2.24, 2.45) is 11.7 Å². The van der Waals surface area contributed by atoms with Crippen LogP contribution in [-0.4, -0.2) is 18.5 Å². The summed E-state index contributed by atoms with van der Waals surface area (Å²) in [5, 5.41) is 3.27. The lowest BCUT2D eigenvalue weighted by molar-refractivity contribution is 0.0906. The van der Waals surface area contributed by atoms with Crippen LogP contribution in [0.4, 0.5) is 0 Å². The van der Waals surface area contributed by atoms with Gasteiger partial charge in [-0.25, -0.2) is 0 Å². The molecule has 2 rings (SSSR count). The largest absolute Gasteiger partial charge is 0.451 e. The lowest BCUT2D eigenvalue weighted by Crippen LogP contribution is -2.41. The standard InChI is InChI=1S/C16H20N2O3/c1-10(2)7-11(9-17)18-16(20)15-8-13(19)12-5-3-4-6-14(12)21-15/h3-6,8,10-11H,7,9,17H2,1-2H3,(H,18,20). The molecular weight excluding hydrogens is 268 g/mol. The molecule has 0 saturated heterocycles. The number of nitrogens with two attached hydrogens (primary N) is 1. The summed E-state index contributed by atoms with van der Waals surface area (Å²) in [7, 11) is 0. The topological polar surface area (TPSA) is 85.3 Å². The maximum Gasteiger partial charge on any atom is 0.287 e. The van der Waals surface area contributed by atoms with Crippen molar-refractivity contribution in [1.82, 2.24) is 5.32 Å². The average molecular weight is 288 g/mol. The first-order chi connectivity index (χ1) is 10.0. The fraction of sp³-hybridized carbons (Fsp3) is 0.375. The van der Waals surface area contributed by atoms with Gasteiger partial charge in [-0.05, 0) is 24.5 Å². The normalized spacial score (nSPS) is 12.6. The molecule has 1 heterocycles. The first-order valence-corrected chi connectivity index (χ1v) is 7.05. The summed E-state index contributed by atoms with van der Waals surface area (Å²) in [5.74, 6) is 0.0253. The fourth-order valence-electron chi connectivity index (χ4n) is 2.26. The molecule has 3 N–H and O–H groups in total. The minimum absolute atomic E-state index is 0.0147. The minimum Gasteiger partial charge on any atom is -0.451 e. The molecule has 0 aliphatic carbocycles. The van der Waals surface area contributed by atoms with Gasteiger partial charge < -0.3 is 15.5 Å². The van der Waals surface area contributed by atoms with Crippen LogP contribution in [0, 0.1) is 5.92 Å². The Morgan fingerprint density at radius 1 is 1.33 bits per heavy atom. The van der Waals surface area contributed by atoms with Crippen LogP contribution in [0.25, 0.3) is 11.0 Å². The molecule has 0 aliphatic heterocycles. The highest BCUT2D eigenvalue weighted by atomic mass is 16.3. The highest BCUT2D eigenvalue weighted by Gasteiger charge is 2.17. The summed E-state index contributed by atoms with van der Waals surface area (Å²) in [4.78, 5) is 24.2. The van der Waals surface area contributed by atoms with E-state index in [1.165, 1.54) is 6.07 Å². The summed E-state index contributed by atoms with van der Waals surface area (Å²) in [5.41, 5.74) is 5.84. The Morgan fingerprint density at radius 3 is 2.71 bits per heavy atom. The number of nitrogens with one attached hydrogen (secondary N) is 1. The first-order valence-electron chi connectivity index (χ1n) is 7.05. The van der Waals surface area contributed by atoms with Gasteiger partial charge in [-0.3, -0.25) is 9.59 Å². The third kappa shape index (κ3) is 3.70. The molecule has 0 fully saturated rings. The Labute approximate surface area is 123 Å². The third-order valence-electron chi connectivity index (χ3n) is 3.23. The molecule has 1 aromatic heterocycles. The zero-order valence-electron chi connectivity index (χ0n) is 12.3. The number of hydrogen-bond donors (Lipinski definition) is 2.